The number of nitrogens with zero attached hydrogens (tertiary/aromatic N) is 3. The van der Waals surface area contributed by atoms with Gasteiger partial charge in [0, 0.05) is 12.4 Å². The Balaban J connectivity index is 2.90. The minimum absolute atomic E-state index is 0.498. The lowest BCUT2D eigenvalue weighted by molar-refractivity contribution is 0.791. The number of aromatic nitrogens is 2. The molecule has 0 unspecified atom stereocenters. The molecule has 0 aliphatic carbocycles. The standard InChI is InChI=1S/C10H9N3/c1-7-3-4-8-9(6-11)12-13(2)10(8)5-7/h3-5H,1-2H3. The topological polar surface area (TPSA) is 41.6 Å². The molecule has 0 atom stereocenters. The molecule has 2 rings (SSSR count). The minimum atomic E-state index is 0.498. The molecule has 0 radical (unpaired) electrons. The van der Waals surface area contributed by atoms with Gasteiger partial charge >= 0.3 is 0 Å². The van der Waals surface area contributed by atoms with Crippen molar-refractivity contribution >= 4 is 10.9 Å². The Morgan fingerprint density at radius 1 is 1.46 bits per heavy atom. The molecule has 13 heavy (non-hydrogen) atoms. The Labute approximate surface area is 76.2 Å². The van der Waals surface area contributed by atoms with E-state index in [1.54, 1.807) is 4.68 Å². The van der Waals surface area contributed by atoms with E-state index in [0.29, 0.717) is 5.69 Å². The molecule has 0 bridgehead atoms. The molecular formula is C10H9N3. The summed E-state index contributed by atoms with van der Waals surface area (Å²) in [5.41, 5.74) is 2.69. The molecule has 64 valence electrons. The second-order valence-corrected chi connectivity index (χ2v) is 3.10. The van der Waals surface area contributed by atoms with E-state index in [1.807, 2.05) is 32.2 Å². The summed E-state index contributed by atoms with van der Waals surface area (Å²) in [6, 6.07) is 8.04. The maximum atomic E-state index is 8.79. The van der Waals surface area contributed by atoms with E-state index >= 15 is 0 Å². The smallest absolute Gasteiger partial charge is 0.170 e. The van der Waals surface area contributed by atoms with Crippen molar-refractivity contribution in [3.05, 3.63) is 29.5 Å². The van der Waals surface area contributed by atoms with Crippen LogP contribution in [-0.4, -0.2) is 9.78 Å². The largest absolute Gasteiger partial charge is 0.267 e. The first kappa shape index (κ1) is 7.81. The Morgan fingerprint density at radius 2 is 2.23 bits per heavy atom. The lowest BCUT2D eigenvalue weighted by atomic mass is 10.1. The summed E-state index contributed by atoms with van der Waals surface area (Å²) >= 11 is 0. The van der Waals surface area contributed by atoms with Gasteiger partial charge in [-0.3, -0.25) is 4.68 Å². The number of fused-ring (bicyclic) bond motifs is 1. The first-order valence-corrected chi connectivity index (χ1v) is 4.06. The molecule has 1 aromatic heterocycles. The highest BCUT2D eigenvalue weighted by Gasteiger charge is 2.06. The third-order valence-electron chi connectivity index (χ3n) is 2.11. The fourth-order valence-corrected chi connectivity index (χ4v) is 1.45. The summed E-state index contributed by atoms with van der Waals surface area (Å²) in [6.45, 7) is 2.03. The fraction of sp³-hybridized carbons (Fsp3) is 0.200. The van der Waals surface area contributed by atoms with Crippen LogP contribution in [0.4, 0.5) is 0 Å². The van der Waals surface area contributed by atoms with Crippen molar-refractivity contribution in [1.29, 1.82) is 5.26 Å². The van der Waals surface area contributed by atoms with Crippen molar-refractivity contribution in [1.82, 2.24) is 9.78 Å². The SMILES string of the molecule is Cc1ccc2c(C#N)nn(C)c2c1. The predicted molar refractivity (Wildman–Crippen MR) is 50.2 cm³/mol. The second kappa shape index (κ2) is 2.60. The summed E-state index contributed by atoms with van der Waals surface area (Å²) in [7, 11) is 1.85. The summed E-state index contributed by atoms with van der Waals surface area (Å²) in [4.78, 5) is 0. The van der Waals surface area contributed by atoms with Gasteiger partial charge in [0.2, 0.25) is 0 Å². The van der Waals surface area contributed by atoms with Crippen LogP contribution in [0.2, 0.25) is 0 Å². The molecule has 0 amide bonds. The van der Waals surface area contributed by atoms with Gasteiger partial charge in [-0.1, -0.05) is 6.07 Å². The number of rotatable bonds is 0. The number of nitriles is 1. The van der Waals surface area contributed by atoms with Crippen LogP contribution >= 0.6 is 0 Å². The summed E-state index contributed by atoms with van der Waals surface area (Å²) in [6.07, 6.45) is 0. The van der Waals surface area contributed by atoms with E-state index in [0.717, 1.165) is 10.9 Å². The molecule has 0 aliphatic rings. The number of benzene rings is 1. The average molecular weight is 171 g/mol. The lowest BCUT2D eigenvalue weighted by Crippen LogP contribution is -1.89. The predicted octanol–water partition coefficient (Wildman–Crippen LogP) is 1.75. The van der Waals surface area contributed by atoms with Crippen LogP contribution in [-0.2, 0) is 7.05 Å². The van der Waals surface area contributed by atoms with Crippen LogP contribution in [0.25, 0.3) is 10.9 Å². The molecule has 0 aliphatic heterocycles. The summed E-state index contributed by atoms with van der Waals surface area (Å²) < 4.78 is 1.74. The van der Waals surface area contributed by atoms with Crippen LogP contribution in [0.1, 0.15) is 11.3 Å². The van der Waals surface area contributed by atoms with Crippen molar-refractivity contribution in [3.63, 3.8) is 0 Å². The van der Waals surface area contributed by atoms with Gasteiger partial charge in [-0.25, -0.2) is 0 Å². The first-order valence-electron chi connectivity index (χ1n) is 4.06. The van der Waals surface area contributed by atoms with Gasteiger partial charge in [0.1, 0.15) is 6.07 Å². The average Bonchev–Trinajstić information content (AvgIpc) is 2.43. The molecule has 0 saturated carbocycles. The molecule has 3 heteroatoms. The van der Waals surface area contributed by atoms with Crippen molar-refractivity contribution in [2.75, 3.05) is 0 Å². The quantitative estimate of drug-likeness (QED) is 0.606. The van der Waals surface area contributed by atoms with Gasteiger partial charge in [-0.2, -0.15) is 10.4 Å². The van der Waals surface area contributed by atoms with Crippen LogP contribution < -0.4 is 0 Å². The van der Waals surface area contributed by atoms with Gasteiger partial charge < -0.3 is 0 Å². The van der Waals surface area contributed by atoms with Gasteiger partial charge in [-0.15, -0.1) is 0 Å². The zero-order valence-corrected chi connectivity index (χ0v) is 7.57. The summed E-state index contributed by atoms with van der Waals surface area (Å²) in [5, 5.41) is 13.8. The maximum Gasteiger partial charge on any atom is 0.170 e. The zero-order chi connectivity index (χ0) is 9.42. The molecule has 0 N–H and O–H groups in total. The minimum Gasteiger partial charge on any atom is -0.267 e. The monoisotopic (exact) mass is 171 g/mol. The van der Waals surface area contributed by atoms with Crippen molar-refractivity contribution in [2.24, 2.45) is 7.05 Å². The van der Waals surface area contributed by atoms with Gasteiger partial charge in [0.05, 0.1) is 5.52 Å². The molecule has 1 heterocycles. The highest BCUT2D eigenvalue weighted by molar-refractivity contribution is 5.84. The molecule has 0 saturated heterocycles. The third-order valence-corrected chi connectivity index (χ3v) is 2.11. The molecule has 1 aromatic carbocycles. The normalized spacial score (nSPS) is 10.2. The zero-order valence-electron chi connectivity index (χ0n) is 7.57. The fourth-order valence-electron chi connectivity index (χ4n) is 1.45. The lowest BCUT2D eigenvalue weighted by Gasteiger charge is -1.94. The van der Waals surface area contributed by atoms with Crippen LogP contribution in [0.5, 0.6) is 0 Å². The Morgan fingerprint density at radius 3 is 2.92 bits per heavy atom. The van der Waals surface area contributed by atoms with E-state index in [1.165, 1.54) is 5.56 Å². The third kappa shape index (κ3) is 1.07. The molecule has 0 fully saturated rings. The van der Waals surface area contributed by atoms with Crippen molar-refractivity contribution < 1.29 is 0 Å². The van der Waals surface area contributed by atoms with Crippen LogP contribution in [0.3, 0.4) is 0 Å². The van der Waals surface area contributed by atoms with Gasteiger partial charge in [0.15, 0.2) is 5.69 Å². The van der Waals surface area contributed by atoms with E-state index in [2.05, 4.69) is 11.2 Å². The first-order chi connectivity index (χ1) is 6.22. The number of aryl methyl sites for hydroxylation is 2. The number of hydrogen-bond donors (Lipinski definition) is 0. The molecule has 2 aromatic rings. The van der Waals surface area contributed by atoms with Gasteiger partial charge in [-0.05, 0) is 24.6 Å². The van der Waals surface area contributed by atoms with E-state index in [4.69, 9.17) is 5.26 Å². The maximum absolute atomic E-state index is 8.79. The van der Waals surface area contributed by atoms with Crippen molar-refractivity contribution in [2.45, 2.75) is 6.92 Å². The highest BCUT2D eigenvalue weighted by atomic mass is 15.3. The second-order valence-electron chi connectivity index (χ2n) is 3.10. The van der Waals surface area contributed by atoms with Crippen LogP contribution in [0, 0.1) is 18.3 Å². The molecule has 3 nitrogen and oxygen atoms in total. The van der Waals surface area contributed by atoms with E-state index in [9.17, 15) is 0 Å². The summed E-state index contributed by atoms with van der Waals surface area (Å²) in [5.74, 6) is 0. The van der Waals surface area contributed by atoms with Gasteiger partial charge in [0.25, 0.3) is 0 Å². The number of hydrogen-bond acceptors (Lipinski definition) is 2. The highest BCUT2D eigenvalue weighted by Crippen LogP contribution is 2.18. The van der Waals surface area contributed by atoms with E-state index in [-0.39, 0.29) is 0 Å². The Bertz CT molecular complexity index is 503. The van der Waals surface area contributed by atoms with Crippen LogP contribution in [0.15, 0.2) is 18.2 Å². The van der Waals surface area contributed by atoms with E-state index < -0.39 is 0 Å². The Hall–Kier alpha value is -1.82. The Kier molecular flexibility index (Phi) is 1.56. The van der Waals surface area contributed by atoms with Crippen molar-refractivity contribution in [3.8, 4) is 6.07 Å². The molecule has 0 spiro atoms. The molecular weight excluding hydrogens is 162 g/mol.